The second-order valence-corrected chi connectivity index (χ2v) is 7.44. The Kier molecular flexibility index (Phi) is 14.1. The average molecular weight is 498 g/mol. The molecule has 0 fully saturated rings. The van der Waals surface area contributed by atoms with Gasteiger partial charge in [0.05, 0.1) is 13.1 Å². The van der Waals surface area contributed by atoms with E-state index in [4.69, 9.17) is 30.2 Å². The van der Waals surface area contributed by atoms with E-state index in [0.29, 0.717) is 12.1 Å². The molecule has 0 bridgehead atoms. The molecule has 35 heavy (non-hydrogen) atoms. The van der Waals surface area contributed by atoms with Gasteiger partial charge in [0.2, 0.25) is 0 Å². The van der Waals surface area contributed by atoms with Crippen LogP contribution in [0.25, 0.3) is 0 Å². The summed E-state index contributed by atoms with van der Waals surface area (Å²) in [4.78, 5) is 59.0. The van der Waals surface area contributed by atoms with Crippen molar-refractivity contribution in [1.82, 2.24) is 14.7 Å². The van der Waals surface area contributed by atoms with Crippen LogP contribution in [0.5, 0.6) is 0 Å². The van der Waals surface area contributed by atoms with E-state index in [9.17, 15) is 24.0 Å². The van der Waals surface area contributed by atoms with Crippen LogP contribution in [0, 0.1) is 0 Å². The Hall–Kier alpha value is -3.75. The summed E-state index contributed by atoms with van der Waals surface area (Å²) in [6, 6.07) is 6.58. The Bertz CT molecular complexity index is 780. The molecule has 0 saturated carbocycles. The summed E-state index contributed by atoms with van der Waals surface area (Å²) >= 11 is 0. The number of nitrogens with zero attached hydrogens (tertiary/aromatic N) is 3. The molecule has 4 N–H and O–H groups in total. The Labute approximate surface area is 201 Å². The molecule has 1 unspecified atom stereocenters. The van der Waals surface area contributed by atoms with Gasteiger partial charge in [-0.25, -0.2) is 4.90 Å². The Morgan fingerprint density at radius 3 is 1.80 bits per heavy atom. The molecule has 1 aromatic rings. The topological polar surface area (TPSA) is 189 Å². The van der Waals surface area contributed by atoms with Gasteiger partial charge in [0.25, 0.3) is 19.4 Å². The number of carbonyl (C=O) groups is 5. The van der Waals surface area contributed by atoms with E-state index in [-0.39, 0.29) is 59.2 Å². The molecule has 0 radical (unpaired) electrons. The van der Waals surface area contributed by atoms with Crippen molar-refractivity contribution in [2.45, 2.75) is 12.5 Å². The van der Waals surface area contributed by atoms with Gasteiger partial charge in [0.15, 0.2) is 0 Å². The Balaban J connectivity index is 3.10. The fraction of sp³-hybridized carbons (Fsp3) is 0.476. The highest BCUT2D eigenvalue weighted by Gasteiger charge is 2.24. The van der Waals surface area contributed by atoms with Crippen LogP contribution >= 0.6 is 0 Å². The molecule has 0 saturated heterocycles. The Morgan fingerprint density at radius 1 is 0.829 bits per heavy atom. The number of rotatable bonds is 21. The normalized spacial score (nSPS) is 11.7. The van der Waals surface area contributed by atoms with Crippen molar-refractivity contribution in [3.63, 3.8) is 0 Å². The van der Waals surface area contributed by atoms with Crippen molar-refractivity contribution < 1.29 is 48.4 Å². The monoisotopic (exact) mass is 498 g/mol. The van der Waals surface area contributed by atoms with Gasteiger partial charge < -0.3 is 30.2 Å². The molecular formula is C21H30N4O10. The van der Waals surface area contributed by atoms with E-state index >= 15 is 0 Å². The Morgan fingerprint density at radius 2 is 1.31 bits per heavy atom. The minimum absolute atomic E-state index is 0.0467. The van der Waals surface area contributed by atoms with Gasteiger partial charge in [-0.05, 0) is 24.1 Å². The highest BCUT2D eigenvalue weighted by atomic mass is 16.6. The van der Waals surface area contributed by atoms with Crippen molar-refractivity contribution in [3.8, 4) is 0 Å². The van der Waals surface area contributed by atoms with Crippen LogP contribution in [0.2, 0.25) is 0 Å². The standard InChI is InChI=1S/C21H30N4O10/c22-18-3-1-17(2-4-18)7-19(25(12-34-15-27)13-35-16-28)8-24(11-33-14-26)6-5-23(9-20(29)30)10-21(31)32/h1-4,14-16,19H,5-13,22H2,(H,29,30)(H,31,32). The van der Waals surface area contributed by atoms with Crippen molar-refractivity contribution in [1.29, 1.82) is 0 Å². The van der Waals surface area contributed by atoms with E-state index in [2.05, 4.69) is 0 Å². The molecule has 1 aromatic carbocycles. The van der Waals surface area contributed by atoms with Gasteiger partial charge in [0.1, 0.15) is 20.2 Å². The molecule has 14 heteroatoms. The number of carbonyl (C=O) groups excluding carboxylic acids is 3. The van der Waals surface area contributed by atoms with Crippen LogP contribution in [0.4, 0.5) is 5.69 Å². The third kappa shape index (κ3) is 12.9. The number of anilines is 1. The van der Waals surface area contributed by atoms with Crippen LogP contribution in [0.1, 0.15) is 5.56 Å². The molecule has 0 amide bonds. The van der Waals surface area contributed by atoms with Crippen molar-refractivity contribution in [3.05, 3.63) is 29.8 Å². The summed E-state index contributed by atoms with van der Waals surface area (Å²) in [5.41, 5.74) is 7.17. The highest BCUT2D eigenvalue weighted by Crippen LogP contribution is 2.14. The zero-order valence-corrected chi connectivity index (χ0v) is 19.1. The molecule has 0 spiro atoms. The van der Waals surface area contributed by atoms with E-state index in [1.807, 2.05) is 0 Å². The quantitative estimate of drug-likeness (QED) is 0.0780. The number of carboxylic acid groups (broad SMARTS) is 2. The SMILES string of the molecule is Nc1ccc(CC(CN(CCN(CC(=O)O)CC(=O)O)COC=O)N(COC=O)COC=O)cc1. The lowest BCUT2D eigenvalue weighted by atomic mass is 10.0. The largest absolute Gasteiger partial charge is 0.480 e. The summed E-state index contributed by atoms with van der Waals surface area (Å²) < 4.78 is 14.6. The lowest BCUT2D eigenvalue weighted by Gasteiger charge is -2.34. The van der Waals surface area contributed by atoms with Crippen LogP contribution in [-0.2, 0) is 44.6 Å². The lowest BCUT2D eigenvalue weighted by molar-refractivity contribution is -0.147. The molecule has 1 atom stereocenters. The predicted molar refractivity (Wildman–Crippen MR) is 120 cm³/mol. The summed E-state index contributed by atoms with van der Waals surface area (Å²) in [6.45, 7) is -0.442. The highest BCUT2D eigenvalue weighted by molar-refractivity contribution is 5.72. The first-order chi connectivity index (χ1) is 16.8. The van der Waals surface area contributed by atoms with Gasteiger partial charge in [-0.1, -0.05) is 12.1 Å². The number of hydrogen-bond donors (Lipinski definition) is 3. The molecular weight excluding hydrogens is 468 g/mol. The lowest BCUT2D eigenvalue weighted by Crippen LogP contribution is -2.49. The summed E-state index contributed by atoms with van der Waals surface area (Å²) in [5, 5.41) is 18.1. The molecule has 0 heterocycles. The number of hydrogen-bond acceptors (Lipinski definition) is 12. The van der Waals surface area contributed by atoms with E-state index in [1.54, 1.807) is 34.1 Å². The van der Waals surface area contributed by atoms with Crippen molar-refractivity contribution in [2.75, 3.05) is 58.6 Å². The number of nitrogen functional groups attached to an aromatic ring is 1. The molecule has 1 rings (SSSR count). The maximum absolute atomic E-state index is 11.1. The third-order valence-electron chi connectivity index (χ3n) is 4.83. The van der Waals surface area contributed by atoms with Crippen LogP contribution < -0.4 is 5.73 Å². The molecule has 14 nitrogen and oxygen atoms in total. The van der Waals surface area contributed by atoms with Gasteiger partial charge in [-0.2, -0.15) is 0 Å². The second-order valence-electron chi connectivity index (χ2n) is 7.44. The average Bonchev–Trinajstić information content (AvgIpc) is 2.81. The maximum Gasteiger partial charge on any atom is 0.317 e. The number of aliphatic carboxylic acids is 2. The van der Waals surface area contributed by atoms with Crippen LogP contribution in [0.15, 0.2) is 24.3 Å². The minimum atomic E-state index is -1.19. The smallest absolute Gasteiger partial charge is 0.317 e. The number of ether oxygens (including phenoxy) is 3. The zero-order chi connectivity index (χ0) is 26.1. The fourth-order valence-electron chi connectivity index (χ4n) is 3.26. The number of nitrogens with two attached hydrogens (primary N) is 1. The van der Waals surface area contributed by atoms with E-state index < -0.39 is 31.1 Å². The molecule has 0 aliphatic carbocycles. The first-order valence-corrected chi connectivity index (χ1v) is 10.4. The molecule has 0 aliphatic heterocycles. The number of carboxylic acids is 2. The van der Waals surface area contributed by atoms with Crippen LogP contribution in [-0.4, -0.2) is 115 Å². The summed E-state index contributed by atoms with van der Waals surface area (Å²) in [6.07, 6.45) is 0.385. The second kappa shape index (κ2) is 16.8. The summed E-state index contributed by atoms with van der Waals surface area (Å²) in [7, 11) is 0. The molecule has 0 aromatic heterocycles. The first kappa shape index (κ1) is 29.3. The molecule has 194 valence electrons. The van der Waals surface area contributed by atoms with Gasteiger partial charge in [0, 0.05) is 31.4 Å². The minimum Gasteiger partial charge on any atom is -0.480 e. The van der Waals surface area contributed by atoms with E-state index in [1.165, 1.54) is 4.90 Å². The third-order valence-corrected chi connectivity index (χ3v) is 4.83. The van der Waals surface area contributed by atoms with Crippen LogP contribution in [0.3, 0.4) is 0 Å². The van der Waals surface area contributed by atoms with Crippen molar-refractivity contribution >= 4 is 37.0 Å². The van der Waals surface area contributed by atoms with Crippen molar-refractivity contribution in [2.24, 2.45) is 0 Å². The summed E-state index contributed by atoms with van der Waals surface area (Å²) in [5.74, 6) is -2.38. The van der Waals surface area contributed by atoms with E-state index in [0.717, 1.165) is 5.56 Å². The van der Waals surface area contributed by atoms with Gasteiger partial charge in [-0.3, -0.25) is 33.8 Å². The van der Waals surface area contributed by atoms with Gasteiger partial charge in [-0.15, -0.1) is 0 Å². The predicted octanol–water partition coefficient (Wildman–Crippen LogP) is -1.35. The zero-order valence-electron chi connectivity index (χ0n) is 19.1. The molecule has 0 aliphatic rings. The fourth-order valence-corrected chi connectivity index (χ4v) is 3.26. The van der Waals surface area contributed by atoms with Gasteiger partial charge >= 0.3 is 11.9 Å². The maximum atomic E-state index is 11.1. The number of benzene rings is 1. The first-order valence-electron chi connectivity index (χ1n) is 10.4.